The second-order valence-corrected chi connectivity index (χ2v) is 9.09. The molecule has 0 spiro atoms. The summed E-state index contributed by atoms with van der Waals surface area (Å²) in [7, 11) is 0. The summed E-state index contributed by atoms with van der Waals surface area (Å²) in [5, 5.41) is 1.73. The molecule has 4 heterocycles. The molecule has 8 heteroatoms. The fourth-order valence-electron chi connectivity index (χ4n) is 3.87. The van der Waals surface area contributed by atoms with Gasteiger partial charge in [-0.05, 0) is 58.0 Å². The summed E-state index contributed by atoms with van der Waals surface area (Å²) < 4.78 is 8.13. The van der Waals surface area contributed by atoms with Gasteiger partial charge in [0, 0.05) is 46.1 Å². The van der Waals surface area contributed by atoms with E-state index in [1.54, 1.807) is 10.6 Å². The van der Waals surface area contributed by atoms with Gasteiger partial charge in [0.25, 0.3) is 5.56 Å². The number of aromatic amines is 1. The van der Waals surface area contributed by atoms with E-state index in [-0.39, 0.29) is 5.56 Å². The monoisotopic (exact) mass is 546 g/mol. The molecule has 3 aromatic heterocycles. The summed E-state index contributed by atoms with van der Waals surface area (Å²) in [5.41, 5.74) is 4.72. The van der Waals surface area contributed by atoms with E-state index in [0.29, 0.717) is 6.54 Å². The van der Waals surface area contributed by atoms with Crippen molar-refractivity contribution in [3.05, 3.63) is 79.5 Å². The van der Waals surface area contributed by atoms with Crippen LogP contribution in [0.15, 0.2) is 59.8 Å². The molecular formula is C23H20ClIN4O2. The zero-order valence-corrected chi connectivity index (χ0v) is 19.6. The number of pyridine rings is 2. The van der Waals surface area contributed by atoms with Crippen LogP contribution >= 0.6 is 34.2 Å². The van der Waals surface area contributed by atoms with Crippen LogP contribution in [-0.2, 0) is 11.3 Å². The van der Waals surface area contributed by atoms with Crippen LogP contribution in [-0.4, -0.2) is 40.8 Å². The van der Waals surface area contributed by atoms with E-state index < -0.39 is 0 Å². The molecule has 158 valence electrons. The average Bonchev–Trinajstić information content (AvgIpc) is 3.21. The fourth-order valence-corrected chi connectivity index (χ4v) is 4.56. The minimum atomic E-state index is -0.0471. The van der Waals surface area contributed by atoms with Crippen molar-refractivity contribution in [2.45, 2.75) is 6.54 Å². The van der Waals surface area contributed by atoms with Crippen molar-refractivity contribution in [2.75, 3.05) is 31.2 Å². The first-order valence-electron chi connectivity index (χ1n) is 10.0. The molecule has 0 radical (unpaired) electrons. The minimum absolute atomic E-state index is 0.0471. The summed E-state index contributed by atoms with van der Waals surface area (Å²) in [6, 6.07) is 11.6. The van der Waals surface area contributed by atoms with Crippen molar-refractivity contribution < 1.29 is 4.74 Å². The predicted molar refractivity (Wildman–Crippen MR) is 132 cm³/mol. The molecule has 0 aliphatic carbocycles. The van der Waals surface area contributed by atoms with Gasteiger partial charge < -0.3 is 19.2 Å². The number of morpholine rings is 1. The van der Waals surface area contributed by atoms with Crippen LogP contribution in [0.25, 0.3) is 22.2 Å². The number of halogens is 2. The SMILES string of the molecule is O=c1cc(-c2c[nH]c3ncc(N4CCOCC4)cc23)ccn1Cc1ccc(Cl)c(I)c1. The number of aromatic nitrogens is 3. The smallest absolute Gasteiger partial charge is 0.251 e. The van der Waals surface area contributed by atoms with Crippen molar-refractivity contribution in [1.82, 2.24) is 14.5 Å². The predicted octanol–water partition coefficient (Wildman–Crippen LogP) is 4.53. The molecule has 0 amide bonds. The summed E-state index contributed by atoms with van der Waals surface area (Å²) in [4.78, 5) is 22.9. The molecule has 1 aliphatic rings. The first kappa shape index (κ1) is 20.5. The van der Waals surface area contributed by atoms with Crippen molar-refractivity contribution in [3.63, 3.8) is 0 Å². The Bertz CT molecular complexity index is 1310. The lowest BCUT2D eigenvalue weighted by molar-refractivity contribution is 0.122. The molecule has 31 heavy (non-hydrogen) atoms. The number of fused-ring (bicyclic) bond motifs is 1. The Labute approximate surface area is 198 Å². The van der Waals surface area contributed by atoms with Crippen molar-refractivity contribution in [1.29, 1.82) is 0 Å². The average molecular weight is 547 g/mol. The number of H-pyrrole nitrogens is 1. The van der Waals surface area contributed by atoms with Gasteiger partial charge in [0.1, 0.15) is 5.65 Å². The summed E-state index contributed by atoms with van der Waals surface area (Å²) in [6.45, 7) is 3.66. The molecule has 1 saturated heterocycles. The Morgan fingerprint density at radius 1 is 1.16 bits per heavy atom. The van der Waals surface area contributed by atoms with E-state index in [9.17, 15) is 4.79 Å². The summed E-state index contributed by atoms with van der Waals surface area (Å²) in [6.07, 6.45) is 5.65. The second-order valence-electron chi connectivity index (χ2n) is 7.52. The quantitative estimate of drug-likeness (QED) is 0.382. The van der Waals surface area contributed by atoms with Gasteiger partial charge in [0.05, 0.1) is 36.7 Å². The highest BCUT2D eigenvalue weighted by Crippen LogP contribution is 2.30. The number of nitrogens with one attached hydrogen (secondary N) is 1. The van der Waals surface area contributed by atoms with Crippen LogP contribution in [0.4, 0.5) is 5.69 Å². The number of rotatable bonds is 4. The number of hydrogen-bond acceptors (Lipinski definition) is 4. The standard InChI is InChI=1S/C23H20ClIN4O2/c24-20-2-1-15(9-21(20)25)14-29-4-3-16(10-22(29)30)19-13-27-23-18(19)11-17(12-26-23)28-5-7-31-8-6-28/h1-4,9-13H,5-8,14H2,(H,26,27). The molecule has 1 N–H and O–H groups in total. The normalized spacial score (nSPS) is 14.3. The fraction of sp³-hybridized carbons (Fsp3) is 0.217. The van der Waals surface area contributed by atoms with Gasteiger partial charge in [0.2, 0.25) is 0 Å². The molecule has 1 fully saturated rings. The molecule has 1 aromatic carbocycles. The third-order valence-corrected chi connectivity index (χ3v) is 7.08. The third kappa shape index (κ3) is 4.22. The van der Waals surface area contributed by atoms with E-state index in [0.717, 1.165) is 68.3 Å². The number of benzene rings is 1. The molecule has 0 atom stereocenters. The van der Waals surface area contributed by atoms with Gasteiger partial charge in [-0.25, -0.2) is 4.98 Å². The zero-order chi connectivity index (χ0) is 21.4. The highest BCUT2D eigenvalue weighted by atomic mass is 127. The number of nitrogens with zero attached hydrogens (tertiary/aromatic N) is 3. The summed E-state index contributed by atoms with van der Waals surface area (Å²) in [5.74, 6) is 0. The van der Waals surface area contributed by atoms with Crippen molar-refractivity contribution >= 4 is 50.9 Å². The van der Waals surface area contributed by atoms with Crippen molar-refractivity contribution in [2.24, 2.45) is 0 Å². The highest BCUT2D eigenvalue weighted by Gasteiger charge is 2.15. The Kier molecular flexibility index (Phi) is 5.73. The van der Waals surface area contributed by atoms with Gasteiger partial charge in [-0.3, -0.25) is 4.79 Å². The maximum atomic E-state index is 12.8. The molecule has 4 aromatic rings. The second kappa shape index (κ2) is 8.64. The molecule has 6 nitrogen and oxygen atoms in total. The highest BCUT2D eigenvalue weighted by molar-refractivity contribution is 14.1. The molecule has 0 saturated carbocycles. The molecule has 1 aliphatic heterocycles. The minimum Gasteiger partial charge on any atom is -0.378 e. The molecule has 5 rings (SSSR count). The zero-order valence-electron chi connectivity index (χ0n) is 16.6. The van der Waals surface area contributed by atoms with Gasteiger partial charge in [-0.15, -0.1) is 0 Å². The molecule has 0 bridgehead atoms. The topological polar surface area (TPSA) is 63.1 Å². The van der Waals surface area contributed by atoms with E-state index in [4.69, 9.17) is 16.3 Å². The number of ether oxygens (including phenoxy) is 1. The van der Waals surface area contributed by atoms with Crippen LogP contribution in [0.5, 0.6) is 0 Å². The van der Waals surface area contributed by atoms with Crippen LogP contribution in [0.2, 0.25) is 5.02 Å². The van der Waals surface area contributed by atoms with Crippen LogP contribution in [0.3, 0.4) is 0 Å². The maximum absolute atomic E-state index is 12.8. The number of hydrogen-bond donors (Lipinski definition) is 1. The van der Waals surface area contributed by atoms with E-state index in [1.807, 2.05) is 42.9 Å². The van der Waals surface area contributed by atoms with Crippen LogP contribution in [0.1, 0.15) is 5.56 Å². The lowest BCUT2D eigenvalue weighted by atomic mass is 10.1. The van der Waals surface area contributed by atoms with Crippen molar-refractivity contribution in [3.8, 4) is 11.1 Å². The van der Waals surface area contributed by atoms with Gasteiger partial charge in [0.15, 0.2) is 0 Å². The van der Waals surface area contributed by atoms with Crippen LogP contribution < -0.4 is 10.5 Å². The Morgan fingerprint density at radius 3 is 2.77 bits per heavy atom. The third-order valence-electron chi connectivity index (χ3n) is 5.54. The molecular weight excluding hydrogens is 527 g/mol. The molecule has 0 unspecified atom stereocenters. The van der Waals surface area contributed by atoms with Crippen LogP contribution in [0, 0.1) is 3.57 Å². The van der Waals surface area contributed by atoms with Gasteiger partial charge in [-0.1, -0.05) is 17.7 Å². The largest absolute Gasteiger partial charge is 0.378 e. The first-order chi connectivity index (χ1) is 15.1. The Morgan fingerprint density at radius 2 is 2.00 bits per heavy atom. The lowest BCUT2D eigenvalue weighted by Crippen LogP contribution is -2.36. The summed E-state index contributed by atoms with van der Waals surface area (Å²) >= 11 is 8.31. The van der Waals surface area contributed by atoms with Gasteiger partial charge in [-0.2, -0.15) is 0 Å². The number of anilines is 1. The maximum Gasteiger partial charge on any atom is 0.251 e. The lowest BCUT2D eigenvalue weighted by Gasteiger charge is -2.28. The van der Waals surface area contributed by atoms with E-state index in [1.165, 1.54) is 0 Å². The van der Waals surface area contributed by atoms with Gasteiger partial charge >= 0.3 is 0 Å². The van der Waals surface area contributed by atoms with E-state index >= 15 is 0 Å². The van der Waals surface area contributed by atoms with E-state index in [2.05, 4.69) is 43.5 Å². The Balaban J connectivity index is 1.46. The Hall–Kier alpha value is -2.36. The first-order valence-corrected chi connectivity index (χ1v) is 11.5.